The van der Waals surface area contributed by atoms with Crippen LogP contribution < -0.4 is 5.32 Å². The van der Waals surface area contributed by atoms with Crippen molar-refractivity contribution >= 4 is 27.9 Å². The van der Waals surface area contributed by atoms with E-state index in [0.717, 1.165) is 5.06 Å². The Balaban J connectivity index is 2.63. The SMILES string of the molecule is CON(C)C(=O)c1cc(Br)nn1CCNC(=O)OC(C)(C)C. The van der Waals surface area contributed by atoms with E-state index in [0.29, 0.717) is 16.8 Å². The molecule has 0 spiro atoms. The van der Waals surface area contributed by atoms with Crippen LogP contribution in [0.1, 0.15) is 31.3 Å². The molecule has 1 heterocycles. The first-order chi connectivity index (χ1) is 10.1. The normalized spacial score (nSPS) is 11.2. The molecule has 9 heteroatoms. The Hall–Kier alpha value is -1.61. The summed E-state index contributed by atoms with van der Waals surface area (Å²) in [7, 11) is 2.91. The van der Waals surface area contributed by atoms with Gasteiger partial charge in [-0.3, -0.25) is 14.3 Å². The molecule has 0 atom stereocenters. The number of carbonyl (C=O) groups is 2. The van der Waals surface area contributed by atoms with Gasteiger partial charge >= 0.3 is 6.09 Å². The number of rotatable bonds is 5. The highest BCUT2D eigenvalue weighted by atomic mass is 79.9. The first-order valence-electron chi connectivity index (χ1n) is 6.66. The monoisotopic (exact) mass is 376 g/mol. The number of hydroxylamine groups is 2. The molecule has 1 aromatic heterocycles. The zero-order valence-corrected chi connectivity index (χ0v) is 14.9. The highest BCUT2D eigenvalue weighted by Gasteiger charge is 2.19. The van der Waals surface area contributed by atoms with Crippen molar-refractivity contribution in [2.75, 3.05) is 20.7 Å². The Morgan fingerprint density at radius 3 is 2.64 bits per heavy atom. The Kier molecular flexibility index (Phi) is 6.36. The van der Waals surface area contributed by atoms with Gasteiger partial charge in [0.25, 0.3) is 5.91 Å². The van der Waals surface area contributed by atoms with Crippen LogP contribution in [-0.4, -0.2) is 53.1 Å². The van der Waals surface area contributed by atoms with E-state index in [-0.39, 0.29) is 12.5 Å². The third kappa shape index (κ3) is 5.64. The molecule has 1 aromatic rings. The van der Waals surface area contributed by atoms with Crippen molar-refractivity contribution in [3.05, 3.63) is 16.4 Å². The third-order valence-electron chi connectivity index (χ3n) is 2.52. The Morgan fingerprint density at radius 1 is 1.45 bits per heavy atom. The van der Waals surface area contributed by atoms with Crippen LogP contribution >= 0.6 is 15.9 Å². The summed E-state index contributed by atoms with van der Waals surface area (Å²) in [4.78, 5) is 28.5. The number of amides is 2. The van der Waals surface area contributed by atoms with Crippen LogP contribution in [0.4, 0.5) is 4.79 Å². The number of hydrogen-bond donors (Lipinski definition) is 1. The van der Waals surface area contributed by atoms with Crippen LogP contribution in [0.25, 0.3) is 0 Å². The van der Waals surface area contributed by atoms with E-state index in [1.807, 2.05) is 0 Å². The zero-order valence-electron chi connectivity index (χ0n) is 13.3. The lowest BCUT2D eigenvalue weighted by Gasteiger charge is -2.19. The van der Waals surface area contributed by atoms with Crippen LogP contribution in [0.15, 0.2) is 10.7 Å². The summed E-state index contributed by atoms with van der Waals surface area (Å²) in [6, 6.07) is 1.59. The molecule has 0 unspecified atom stereocenters. The van der Waals surface area contributed by atoms with Crippen molar-refractivity contribution in [1.29, 1.82) is 0 Å². The fourth-order valence-corrected chi connectivity index (χ4v) is 1.96. The van der Waals surface area contributed by atoms with Crippen molar-refractivity contribution in [1.82, 2.24) is 20.2 Å². The summed E-state index contributed by atoms with van der Waals surface area (Å²) in [6.45, 7) is 5.96. The fourth-order valence-electron chi connectivity index (χ4n) is 1.55. The van der Waals surface area contributed by atoms with E-state index in [9.17, 15) is 9.59 Å². The van der Waals surface area contributed by atoms with Crippen LogP contribution in [-0.2, 0) is 16.1 Å². The third-order valence-corrected chi connectivity index (χ3v) is 2.91. The molecule has 1 rings (SSSR count). The van der Waals surface area contributed by atoms with E-state index in [4.69, 9.17) is 9.57 Å². The highest BCUT2D eigenvalue weighted by molar-refractivity contribution is 9.10. The average molecular weight is 377 g/mol. The standard InChI is InChI=1S/C13H21BrN4O4/c1-13(2,3)22-12(20)15-6-7-18-9(8-10(14)16-18)11(19)17(4)21-5/h8H,6-7H2,1-5H3,(H,15,20). The Bertz CT molecular complexity index is 539. The quantitative estimate of drug-likeness (QED) is 0.791. The molecule has 8 nitrogen and oxygen atoms in total. The van der Waals surface area contributed by atoms with Gasteiger partial charge in [0.1, 0.15) is 15.9 Å². The predicted molar refractivity (Wildman–Crippen MR) is 83.3 cm³/mol. The molecule has 0 saturated heterocycles. The summed E-state index contributed by atoms with van der Waals surface area (Å²) in [5, 5.41) is 7.87. The van der Waals surface area contributed by atoms with E-state index in [1.165, 1.54) is 18.8 Å². The van der Waals surface area contributed by atoms with Crippen LogP contribution in [0, 0.1) is 0 Å². The topological polar surface area (TPSA) is 85.7 Å². The fraction of sp³-hybridized carbons (Fsp3) is 0.615. The van der Waals surface area contributed by atoms with Crippen molar-refractivity contribution < 1.29 is 19.2 Å². The van der Waals surface area contributed by atoms with Crippen LogP contribution in [0.5, 0.6) is 0 Å². The lowest BCUT2D eigenvalue weighted by atomic mass is 10.2. The molecule has 22 heavy (non-hydrogen) atoms. The second kappa shape index (κ2) is 7.59. The highest BCUT2D eigenvalue weighted by Crippen LogP contribution is 2.12. The molecule has 2 amide bonds. The average Bonchev–Trinajstić information content (AvgIpc) is 2.76. The first-order valence-corrected chi connectivity index (χ1v) is 7.45. The van der Waals surface area contributed by atoms with Crippen molar-refractivity contribution in [2.24, 2.45) is 0 Å². The van der Waals surface area contributed by atoms with Gasteiger partial charge in [-0.1, -0.05) is 0 Å². The molecule has 0 aromatic carbocycles. The summed E-state index contributed by atoms with van der Waals surface area (Å²) in [5.74, 6) is -0.335. The Morgan fingerprint density at radius 2 is 2.09 bits per heavy atom. The number of carbonyl (C=O) groups excluding carboxylic acids is 2. The molecule has 124 valence electrons. The molecule has 0 fully saturated rings. The minimum Gasteiger partial charge on any atom is -0.444 e. The minimum atomic E-state index is -0.554. The van der Waals surface area contributed by atoms with Gasteiger partial charge in [0.05, 0.1) is 13.7 Å². The van der Waals surface area contributed by atoms with E-state index >= 15 is 0 Å². The maximum absolute atomic E-state index is 12.1. The Labute approximate surface area is 137 Å². The molecule has 1 N–H and O–H groups in total. The summed E-state index contributed by atoms with van der Waals surface area (Å²) < 4.78 is 7.14. The zero-order chi connectivity index (χ0) is 16.9. The largest absolute Gasteiger partial charge is 0.444 e. The second-order valence-corrected chi connectivity index (χ2v) is 6.30. The van der Waals surface area contributed by atoms with Gasteiger partial charge in [-0.2, -0.15) is 5.10 Å². The number of nitrogens with zero attached hydrogens (tertiary/aromatic N) is 3. The molecular formula is C13H21BrN4O4. The predicted octanol–water partition coefficient (Wildman–Crippen LogP) is 1.80. The van der Waals surface area contributed by atoms with Crippen LogP contribution in [0.3, 0.4) is 0 Å². The van der Waals surface area contributed by atoms with Gasteiger partial charge in [-0.15, -0.1) is 0 Å². The summed E-state index contributed by atoms with van der Waals surface area (Å²) in [6.07, 6.45) is -0.513. The maximum Gasteiger partial charge on any atom is 0.407 e. The van der Waals surface area contributed by atoms with E-state index < -0.39 is 11.7 Å². The number of ether oxygens (including phenoxy) is 1. The lowest BCUT2D eigenvalue weighted by molar-refractivity contribution is -0.0763. The van der Waals surface area contributed by atoms with Crippen molar-refractivity contribution in [3.8, 4) is 0 Å². The number of hydrogen-bond acceptors (Lipinski definition) is 5. The minimum absolute atomic E-state index is 0.278. The van der Waals surface area contributed by atoms with Crippen molar-refractivity contribution in [3.63, 3.8) is 0 Å². The lowest BCUT2D eigenvalue weighted by Crippen LogP contribution is -2.35. The second-order valence-electron chi connectivity index (χ2n) is 5.49. The van der Waals surface area contributed by atoms with Crippen molar-refractivity contribution in [2.45, 2.75) is 32.9 Å². The first kappa shape index (κ1) is 18.4. The van der Waals surface area contributed by atoms with E-state index in [1.54, 1.807) is 26.8 Å². The maximum atomic E-state index is 12.1. The molecule has 0 aliphatic carbocycles. The summed E-state index contributed by atoms with van der Waals surface area (Å²) >= 11 is 3.23. The van der Waals surface area contributed by atoms with E-state index in [2.05, 4.69) is 26.3 Å². The molecule has 0 aliphatic heterocycles. The van der Waals surface area contributed by atoms with Gasteiger partial charge in [0.2, 0.25) is 0 Å². The van der Waals surface area contributed by atoms with Gasteiger partial charge in [0.15, 0.2) is 0 Å². The van der Waals surface area contributed by atoms with Gasteiger partial charge in [-0.25, -0.2) is 9.86 Å². The molecule has 0 saturated carbocycles. The van der Waals surface area contributed by atoms with Gasteiger partial charge in [0, 0.05) is 19.7 Å². The smallest absolute Gasteiger partial charge is 0.407 e. The number of nitrogens with one attached hydrogen (secondary N) is 1. The number of aromatic nitrogens is 2. The molecule has 0 bridgehead atoms. The number of halogens is 1. The molecule has 0 aliphatic rings. The molecular weight excluding hydrogens is 356 g/mol. The van der Waals surface area contributed by atoms with Gasteiger partial charge < -0.3 is 10.1 Å². The summed E-state index contributed by atoms with van der Waals surface area (Å²) in [5.41, 5.74) is -0.205. The van der Waals surface area contributed by atoms with Crippen LogP contribution in [0.2, 0.25) is 0 Å². The number of alkyl carbamates (subject to hydrolysis) is 1. The molecule has 0 radical (unpaired) electrons. The van der Waals surface area contributed by atoms with Gasteiger partial charge in [-0.05, 0) is 36.7 Å².